The van der Waals surface area contributed by atoms with Gasteiger partial charge in [0.1, 0.15) is 0 Å². The lowest BCUT2D eigenvalue weighted by atomic mass is 10.2. The minimum Gasteiger partial charge on any atom is -0.0876 e. The zero-order valence-corrected chi connectivity index (χ0v) is 8.47. The summed E-state index contributed by atoms with van der Waals surface area (Å²) < 4.78 is 0. The maximum atomic E-state index is 2.19. The van der Waals surface area contributed by atoms with Gasteiger partial charge in [0.2, 0.25) is 0 Å². The molecule has 1 aliphatic rings. The van der Waals surface area contributed by atoms with Crippen LogP contribution < -0.4 is 0 Å². The van der Waals surface area contributed by atoms with E-state index in [0.717, 1.165) is 19.3 Å². The molecule has 0 atom stereocenters. The Morgan fingerprint density at radius 1 is 0.429 bits per heavy atom. The Morgan fingerprint density at radius 3 is 1.79 bits per heavy atom. The normalized spacial score (nSPS) is 18.3. The van der Waals surface area contributed by atoms with Gasteiger partial charge < -0.3 is 0 Å². The highest BCUT2D eigenvalue weighted by Gasteiger charge is 1.77. The van der Waals surface area contributed by atoms with Gasteiger partial charge in [-0.3, -0.25) is 0 Å². The molecule has 0 heteroatoms. The number of hydrogen-bond acceptors (Lipinski definition) is 0. The van der Waals surface area contributed by atoms with Gasteiger partial charge in [0.15, 0.2) is 0 Å². The van der Waals surface area contributed by atoms with Gasteiger partial charge in [0, 0.05) is 0 Å². The van der Waals surface area contributed by atoms with Crippen LogP contribution in [0.4, 0.5) is 0 Å². The van der Waals surface area contributed by atoms with Crippen molar-refractivity contribution in [1.29, 1.82) is 0 Å². The Balaban J connectivity index is 2.45. The zero-order chi connectivity index (χ0) is 9.90. The predicted octanol–water partition coefficient (Wildman–Crippen LogP) is 4.16. The molecule has 73 valence electrons. The van der Waals surface area contributed by atoms with Crippen LogP contribution in [0.2, 0.25) is 0 Å². The summed E-state index contributed by atoms with van der Waals surface area (Å²) in [4.78, 5) is 0. The fourth-order valence-corrected chi connectivity index (χ4v) is 1.12. The first-order valence-electron chi connectivity index (χ1n) is 5.12. The molecular weight excluding hydrogens is 168 g/mol. The van der Waals surface area contributed by atoms with Crippen molar-refractivity contribution in [2.75, 3.05) is 0 Å². The van der Waals surface area contributed by atoms with Crippen molar-refractivity contribution in [3.05, 3.63) is 67.2 Å². The van der Waals surface area contributed by atoms with Crippen molar-refractivity contribution in [3.8, 4) is 0 Å². The summed E-state index contributed by atoms with van der Waals surface area (Å²) in [6.45, 7) is 0. The maximum absolute atomic E-state index is 2.19. The minimum atomic E-state index is 1.00. The molecule has 0 heterocycles. The highest BCUT2D eigenvalue weighted by Crippen LogP contribution is 1.96. The monoisotopic (exact) mass is 185 g/mol. The summed E-state index contributed by atoms with van der Waals surface area (Å²) in [5.74, 6) is 0. The highest BCUT2D eigenvalue weighted by molar-refractivity contribution is 5.12. The van der Waals surface area contributed by atoms with Crippen molar-refractivity contribution in [2.24, 2.45) is 0 Å². The summed E-state index contributed by atoms with van der Waals surface area (Å²) in [5, 5.41) is 0. The van der Waals surface area contributed by atoms with E-state index in [1.807, 2.05) is 0 Å². The lowest BCUT2D eigenvalue weighted by Gasteiger charge is -1.86. The molecule has 0 amide bonds. The van der Waals surface area contributed by atoms with E-state index >= 15 is 0 Å². The molecular formula is C14H17. The molecule has 0 saturated heterocycles. The van der Waals surface area contributed by atoms with E-state index in [1.54, 1.807) is 0 Å². The van der Waals surface area contributed by atoms with Crippen LogP contribution in [0.3, 0.4) is 0 Å². The third-order valence-electron chi connectivity index (χ3n) is 1.86. The van der Waals surface area contributed by atoms with Gasteiger partial charge in [-0.1, -0.05) is 60.8 Å². The van der Waals surface area contributed by atoms with Gasteiger partial charge in [0.25, 0.3) is 0 Å². The van der Waals surface area contributed by atoms with Crippen molar-refractivity contribution in [3.63, 3.8) is 0 Å². The fraction of sp³-hybridized carbons (Fsp3) is 0.214. The molecule has 0 N–H and O–H groups in total. The molecule has 0 aromatic carbocycles. The summed E-state index contributed by atoms with van der Waals surface area (Å²) in [6.07, 6.45) is 26.5. The van der Waals surface area contributed by atoms with E-state index in [1.165, 1.54) is 0 Å². The Hall–Kier alpha value is -1.30. The van der Waals surface area contributed by atoms with Crippen LogP contribution in [-0.2, 0) is 0 Å². The average molecular weight is 185 g/mol. The second-order valence-electron chi connectivity index (χ2n) is 3.08. The van der Waals surface area contributed by atoms with Gasteiger partial charge in [-0.15, -0.1) is 0 Å². The number of allylic oxidation sites excluding steroid dienone is 10. The lowest BCUT2D eigenvalue weighted by molar-refractivity contribution is 1.25. The molecule has 0 aromatic rings. The Morgan fingerprint density at radius 2 is 1.00 bits per heavy atom. The summed E-state index contributed by atoms with van der Waals surface area (Å²) in [6, 6.07) is 0. The standard InChI is InChI=1S/C14H17/c1-2-4-6-8-10-12-14-13-11-9-7-5-3-1/h1-5,8-12,14H,6-7,13H2. The van der Waals surface area contributed by atoms with Crippen molar-refractivity contribution >= 4 is 0 Å². The van der Waals surface area contributed by atoms with Gasteiger partial charge >= 0.3 is 0 Å². The topological polar surface area (TPSA) is 0 Å². The van der Waals surface area contributed by atoms with Crippen LogP contribution in [0.25, 0.3) is 0 Å². The smallest absolute Gasteiger partial charge is 0.0130 e. The quantitative estimate of drug-likeness (QED) is 0.497. The first kappa shape index (κ1) is 10.8. The van der Waals surface area contributed by atoms with Gasteiger partial charge in [-0.25, -0.2) is 0 Å². The Kier molecular flexibility index (Phi) is 6.39. The second kappa shape index (κ2) is 8.31. The third-order valence-corrected chi connectivity index (χ3v) is 1.86. The van der Waals surface area contributed by atoms with E-state index in [-0.39, 0.29) is 0 Å². The molecule has 0 fully saturated rings. The van der Waals surface area contributed by atoms with Crippen molar-refractivity contribution < 1.29 is 0 Å². The molecule has 0 aromatic heterocycles. The van der Waals surface area contributed by atoms with Crippen LogP contribution in [0.5, 0.6) is 0 Å². The van der Waals surface area contributed by atoms with E-state index < -0.39 is 0 Å². The molecule has 0 aliphatic heterocycles. The average Bonchev–Trinajstić information content (AvgIpc) is 2.22. The summed E-state index contributed by atoms with van der Waals surface area (Å²) in [5.41, 5.74) is 0. The van der Waals surface area contributed by atoms with Crippen LogP contribution >= 0.6 is 0 Å². The third kappa shape index (κ3) is 6.24. The Bertz CT molecular complexity index is 262. The molecule has 0 nitrogen and oxygen atoms in total. The number of rotatable bonds is 0. The largest absolute Gasteiger partial charge is 0.0876 e. The van der Waals surface area contributed by atoms with Gasteiger partial charge in [-0.2, -0.15) is 0 Å². The van der Waals surface area contributed by atoms with Crippen molar-refractivity contribution in [1.82, 2.24) is 0 Å². The van der Waals surface area contributed by atoms with E-state index in [0.29, 0.717) is 0 Å². The summed E-state index contributed by atoms with van der Waals surface area (Å²) >= 11 is 0. The van der Waals surface area contributed by atoms with Crippen LogP contribution in [0, 0.1) is 6.42 Å². The molecule has 1 aliphatic carbocycles. The van der Waals surface area contributed by atoms with Gasteiger partial charge in [0.05, 0.1) is 0 Å². The van der Waals surface area contributed by atoms with Crippen LogP contribution in [-0.4, -0.2) is 0 Å². The Labute approximate surface area is 87.0 Å². The molecule has 1 rings (SSSR count). The van der Waals surface area contributed by atoms with Crippen LogP contribution in [0.1, 0.15) is 19.3 Å². The molecule has 0 bridgehead atoms. The fourth-order valence-electron chi connectivity index (χ4n) is 1.12. The van der Waals surface area contributed by atoms with Crippen LogP contribution in [0.15, 0.2) is 60.8 Å². The van der Waals surface area contributed by atoms with E-state index in [9.17, 15) is 0 Å². The first-order chi connectivity index (χ1) is 7.00. The summed E-state index contributed by atoms with van der Waals surface area (Å²) in [7, 11) is 0. The lowest BCUT2D eigenvalue weighted by Crippen LogP contribution is -1.67. The molecule has 0 saturated carbocycles. The minimum absolute atomic E-state index is 1.00. The van der Waals surface area contributed by atoms with E-state index in [4.69, 9.17) is 0 Å². The SMILES string of the molecule is [CH]1C=CC=CCC=CC=CCC=CC1. The second-order valence-corrected chi connectivity index (χ2v) is 3.08. The molecule has 1 radical (unpaired) electrons. The molecule has 0 spiro atoms. The van der Waals surface area contributed by atoms with Crippen molar-refractivity contribution in [2.45, 2.75) is 19.3 Å². The van der Waals surface area contributed by atoms with Gasteiger partial charge in [-0.05, 0) is 25.7 Å². The first-order valence-corrected chi connectivity index (χ1v) is 5.12. The number of hydrogen-bond donors (Lipinski definition) is 0. The molecule has 0 unspecified atom stereocenters. The van der Waals surface area contributed by atoms with E-state index in [2.05, 4.69) is 67.2 Å². The highest BCUT2D eigenvalue weighted by atomic mass is 13.8. The predicted molar refractivity (Wildman–Crippen MR) is 63.9 cm³/mol. The maximum Gasteiger partial charge on any atom is -0.0130 e. The zero-order valence-electron chi connectivity index (χ0n) is 8.47. The molecule has 14 heavy (non-hydrogen) atoms.